The van der Waals surface area contributed by atoms with Crippen molar-refractivity contribution in [2.24, 2.45) is 0 Å². The molecular formula is C28H35Cl2N3O5. The molecule has 0 aliphatic carbocycles. The van der Waals surface area contributed by atoms with E-state index in [4.69, 9.17) is 37.4 Å². The highest BCUT2D eigenvalue weighted by Gasteiger charge is 2.30. The van der Waals surface area contributed by atoms with Crippen LogP contribution >= 0.6 is 23.2 Å². The zero-order chi connectivity index (χ0) is 26.9. The van der Waals surface area contributed by atoms with Gasteiger partial charge >= 0.3 is 0 Å². The molecule has 2 heterocycles. The van der Waals surface area contributed by atoms with E-state index in [1.165, 1.54) is 4.90 Å². The van der Waals surface area contributed by atoms with Crippen LogP contribution in [-0.4, -0.2) is 83.0 Å². The Labute approximate surface area is 234 Å². The van der Waals surface area contributed by atoms with Gasteiger partial charge in [0.25, 0.3) is 5.91 Å². The fourth-order valence-electron chi connectivity index (χ4n) is 4.76. The fourth-order valence-corrected chi connectivity index (χ4v) is 5.17. The number of hydrogen-bond donors (Lipinski definition) is 0. The summed E-state index contributed by atoms with van der Waals surface area (Å²) in [7, 11) is 1.57. The second kappa shape index (κ2) is 14.1. The van der Waals surface area contributed by atoms with Crippen molar-refractivity contribution in [2.45, 2.75) is 25.7 Å². The third-order valence-electron chi connectivity index (χ3n) is 6.84. The first kappa shape index (κ1) is 28.6. The van der Waals surface area contributed by atoms with Crippen molar-refractivity contribution in [3.05, 3.63) is 52.0 Å². The molecule has 2 aliphatic rings. The van der Waals surface area contributed by atoms with E-state index < -0.39 is 0 Å². The van der Waals surface area contributed by atoms with Crippen LogP contribution in [0.15, 0.2) is 36.4 Å². The maximum absolute atomic E-state index is 12.7. The number of halogens is 2. The number of nitrogens with zero attached hydrogens (tertiary/aromatic N) is 3. The summed E-state index contributed by atoms with van der Waals surface area (Å²) in [5.41, 5.74) is 2.55. The Morgan fingerprint density at radius 1 is 0.947 bits per heavy atom. The first-order valence-corrected chi connectivity index (χ1v) is 13.8. The van der Waals surface area contributed by atoms with Crippen LogP contribution in [0.4, 0.5) is 11.4 Å². The molecule has 2 aromatic rings. The minimum atomic E-state index is -0.373. The molecule has 0 atom stereocenters. The summed E-state index contributed by atoms with van der Waals surface area (Å²) in [6.07, 6.45) is 2.84. The van der Waals surface area contributed by atoms with Crippen LogP contribution < -0.4 is 14.5 Å². The zero-order valence-corrected chi connectivity index (χ0v) is 23.3. The molecule has 0 aromatic heterocycles. The summed E-state index contributed by atoms with van der Waals surface area (Å²) in [5, 5.41) is 1.21. The van der Waals surface area contributed by atoms with Crippen LogP contribution in [0.5, 0.6) is 5.75 Å². The Kier molecular flexibility index (Phi) is 10.7. The number of unbranched alkanes of at least 4 members (excludes halogenated alkanes) is 1. The predicted octanol–water partition coefficient (Wildman–Crippen LogP) is 4.44. The number of fused-ring (bicyclic) bond motifs is 1. The van der Waals surface area contributed by atoms with Gasteiger partial charge in [-0.2, -0.15) is 0 Å². The van der Waals surface area contributed by atoms with Crippen molar-refractivity contribution < 1.29 is 23.8 Å². The Balaban J connectivity index is 1.21. The molecule has 0 unspecified atom stereocenters. The number of amides is 2. The standard InChI is InChI=1S/C28H35Cl2N3O5/c1-36-17-18-37-20-27(35)33-25-19-22(9-7-21(25)8-10-26(33)34)38-16-3-2-11-31-12-14-32(15-13-31)24-6-4-5-23(29)28(24)30/h4-7,9,19H,2-3,8,10-18,20H2,1H3. The minimum absolute atomic E-state index is 0.167. The van der Waals surface area contributed by atoms with E-state index in [1.54, 1.807) is 13.2 Å². The summed E-state index contributed by atoms with van der Waals surface area (Å²) in [6, 6.07) is 11.4. The van der Waals surface area contributed by atoms with Gasteiger partial charge in [-0.1, -0.05) is 35.3 Å². The lowest BCUT2D eigenvalue weighted by atomic mass is 10.0. The number of benzene rings is 2. The third kappa shape index (κ3) is 7.39. The van der Waals surface area contributed by atoms with Crippen LogP contribution in [0.3, 0.4) is 0 Å². The number of hydrogen-bond acceptors (Lipinski definition) is 7. The van der Waals surface area contributed by atoms with Crippen LogP contribution in [0.2, 0.25) is 10.0 Å². The van der Waals surface area contributed by atoms with Gasteiger partial charge in [0.15, 0.2) is 0 Å². The van der Waals surface area contributed by atoms with Gasteiger partial charge in [-0.15, -0.1) is 0 Å². The Morgan fingerprint density at radius 3 is 2.55 bits per heavy atom. The highest BCUT2D eigenvalue weighted by atomic mass is 35.5. The van der Waals surface area contributed by atoms with Crippen molar-refractivity contribution in [2.75, 3.05) is 76.1 Å². The van der Waals surface area contributed by atoms with Gasteiger partial charge in [-0.25, -0.2) is 4.90 Å². The van der Waals surface area contributed by atoms with Crippen molar-refractivity contribution in [3.63, 3.8) is 0 Å². The zero-order valence-electron chi connectivity index (χ0n) is 21.8. The number of carbonyl (C=O) groups excluding carboxylic acids is 2. The van der Waals surface area contributed by atoms with Crippen LogP contribution in [0, 0.1) is 0 Å². The Bertz CT molecular complexity index is 1110. The summed E-state index contributed by atoms with van der Waals surface area (Å²) >= 11 is 12.6. The van der Waals surface area contributed by atoms with Crippen LogP contribution in [-0.2, 0) is 25.5 Å². The molecule has 0 spiro atoms. The maximum atomic E-state index is 12.7. The Morgan fingerprint density at radius 2 is 1.76 bits per heavy atom. The minimum Gasteiger partial charge on any atom is -0.494 e. The van der Waals surface area contributed by atoms with Gasteiger partial charge in [-0.3, -0.25) is 14.5 Å². The van der Waals surface area contributed by atoms with Gasteiger partial charge in [0.1, 0.15) is 12.4 Å². The lowest BCUT2D eigenvalue weighted by molar-refractivity contribution is -0.129. The molecule has 2 aliphatic heterocycles. The number of methoxy groups -OCH3 is 1. The molecule has 4 rings (SSSR count). The van der Waals surface area contributed by atoms with Crippen molar-refractivity contribution in [3.8, 4) is 5.75 Å². The lowest BCUT2D eigenvalue weighted by Gasteiger charge is -2.36. The molecule has 2 aromatic carbocycles. The average Bonchev–Trinajstić information content (AvgIpc) is 2.92. The summed E-state index contributed by atoms with van der Waals surface area (Å²) in [6.45, 7) is 5.87. The molecule has 0 N–H and O–H groups in total. The normalized spacial score (nSPS) is 16.0. The number of aryl methyl sites for hydroxylation is 1. The van der Waals surface area contributed by atoms with Crippen LogP contribution in [0.25, 0.3) is 0 Å². The van der Waals surface area contributed by atoms with Crippen molar-refractivity contribution in [1.29, 1.82) is 0 Å². The van der Waals surface area contributed by atoms with Gasteiger partial charge in [0.05, 0.1) is 41.2 Å². The smallest absolute Gasteiger partial charge is 0.259 e. The molecule has 1 saturated heterocycles. The fraction of sp³-hybridized carbons (Fsp3) is 0.500. The van der Waals surface area contributed by atoms with Crippen molar-refractivity contribution >= 4 is 46.4 Å². The van der Waals surface area contributed by atoms with E-state index in [2.05, 4.69) is 9.80 Å². The quantitative estimate of drug-likeness (QED) is 0.353. The first-order valence-electron chi connectivity index (χ1n) is 13.1. The molecule has 206 valence electrons. The third-order valence-corrected chi connectivity index (χ3v) is 7.65. The average molecular weight is 565 g/mol. The van der Waals surface area contributed by atoms with Gasteiger partial charge in [0, 0.05) is 45.8 Å². The molecule has 0 bridgehead atoms. The second-order valence-electron chi connectivity index (χ2n) is 9.42. The molecule has 10 heteroatoms. The van der Waals surface area contributed by atoms with Gasteiger partial charge in [0.2, 0.25) is 5.91 Å². The highest BCUT2D eigenvalue weighted by Crippen LogP contribution is 2.33. The maximum Gasteiger partial charge on any atom is 0.259 e. The number of carbonyl (C=O) groups is 2. The summed E-state index contributed by atoms with van der Waals surface area (Å²) in [4.78, 5) is 31.2. The number of anilines is 2. The monoisotopic (exact) mass is 563 g/mol. The van der Waals surface area contributed by atoms with Gasteiger partial charge in [-0.05, 0) is 49.6 Å². The number of piperazine rings is 1. The largest absolute Gasteiger partial charge is 0.494 e. The highest BCUT2D eigenvalue weighted by molar-refractivity contribution is 6.43. The number of rotatable bonds is 12. The summed E-state index contributed by atoms with van der Waals surface area (Å²) < 4.78 is 16.3. The second-order valence-corrected chi connectivity index (χ2v) is 10.2. The first-order chi connectivity index (χ1) is 18.5. The van der Waals surface area contributed by atoms with E-state index in [-0.39, 0.29) is 18.4 Å². The number of ether oxygens (including phenoxy) is 3. The Hall–Kier alpha value is -2.36. The number of imide groups is 1. The van der Waals surface area contributed by atoms with Crippen molar-refractivity contribution in [1.82, 2.24) is 4.90 Å². The molecule has 8 nitrogen and oxygen atoms in total. The molecular weight excluding hydrogens is 529 g/mol. The van der Waals surface area contributed by atoms with E-state index >= 15 is 0 Å². The van der Waals surface area contributed by atoms with E-state index in [0.29, 0.717) is 54.1 Å². The van der Waals surface area contributed by atoms with Crippen LogP contribution in [0.1, 0.15) is 24.8 Å². The topological polar surface area (TPSA) is 71.5 Å². The molecule has 1 fully saturated rings. The summed E-state index contributed by atoms with van der Waals surface area (Å²) in [5.74, 6) is 0.0678. The van der Waals surface area contributed by atoms with Gasteiger partial charge < -0.3 is 19.1 Å². The molecule has 0 radical (unpaired) electrons. The molecule has 38 heavy (non-hydrogen) atoms. The predicted molar refractivity (Wildman–Crippen MR) is 150 cm³/mol. The molecule has 2 amide bonds. The molecule has 0 saturated carbocycles. The van der Waals surface area contributed by atoms with E-state index in [1.807, 2.05) is 30.3 Å². The van der Waals surface area contributed by atoms with E-state index in [9.17, 15) is 9.59 Å². The SMILES string of the molecule is COCCOCC(=O)N1C(=O)CCc2ccc(OCCCCN3CCN(c4cccc(Cl)c4Cl)CC3)cc21. The van der Waals surface area contributed by atoms with E-state index in [0.717, 1.165) is 56.8 Å². The lowest BCUT2D eigenvalue weighted by Crippen LogP contribution is -2.46.